The standard InChI is InChI=1S/C16H22N4O6/c1-3-19(9-15(21)22)12-6-10(7-12)17-16(23)18-13-5-4-11(20(24)25)8-14(13)26-2/h4-5,8,10,12H,3,6-7,9H2,1-2H3,(H,21,22)(H2,17,18,23). The molecular weight excluding hydrogens is 344 g/mol. The molecule has 142 valence electrons. The number of nitro groups is 1. The van der Waals surface area contributed by atoms with Crippen molar-refractivity contribution >= 4 is 23.4 Å². The lowest BCUT2D eigenvalue weighted by atomic mass is 9.85. The van der Waals surface area contributed by atoms with Crippen molar-refractivity contribution in [1.82, 2.24) is 10.2 Å². The number of likely N-dealkylation sites (N-methyl/N-ethyl adjacent to an activating group) is 1. The zero-order valence-corrected chi connectivity index (χ0v) is 14.6. The van der Waals surface area contributed by atoms with Crippen molar-refractivity contribution in [3.05, 3.63) is 28.3 Å². The number of carboxylic acids is 1. The minimum Gasteiger partial charge on any atom is -0.494 e. The molecule has 10 nitrogen and oxygen atoms in total. The number of benzene rings is 1. The number of nitro benzene ring substituents is 1. The zero-order chi connectivity index (χ0) is 19.3. The van der Waals surface area contributed by atoms with Crippen LogP contribution in [-0.4, -0.2) is 59.2 Å². The Morgan fingerprint density at radius 1 is 1.42 bits per heavy atom. The van der Waals surface area contributed by atoms with E-state index in [4.69, 9.17) is 9.84 Å². The quantitative estimate of drug-likeness (QED) is 0.470. The van der Waals surface area contributed by atoms with Gasteiger partial charge < -0.3 is 20.5 Å². The SMILES string of the molecule is CCN(CC(=O)O)C1CC(NC(=O)Nc2ccc([N+](=O)[O-])cc2OC)C1. The Kier molecular flexibility index (Phi) is 6.34. The van der Waals surface area contributed by atoms with E-state index in [0.29, 0.717) is 25.1 Å². The molecule has 0 spiro atoms. The summed E-state index contributed by atoms with van der Waals surface area (Å²) in [4.78, 5) is 35.0. The Balaban J connectivity index is 1.87. The Bertz CT molecular complexity index is 689. The molecule has 10 heteroatoms. The number of aliphatic carboxylic acids is 1. The van der Waals surface area contributed by atoms with Crippen molar-refractivity contribution in [1.29, 1.82) is 0 Å². The highest BCUT2D eigenvalue weighted by Crippen LogP contribution is 2.29. The summed E-state index contributed by atoms with van der Waals surface area (Å²) in [6.07, 6.45) is 1.35. The van der Waals surface area contributed by atoms with Gasteiger partial charge in [-0.05, 0) is 25.5 Å². The summed E-state index contributed by atoms with van der Waals surface area (Å²) in [6, 6.07) is 3.57. The van der Waals surface area contributed by atoms with Crippen LogP contribution in [0.5, 0.6) is 5.75 Å². The Labute approximate surface area is 150 Å². The van der Waals surface area contributed by atoms with Crippen molar-refractivity contribution < 1.29 is 24.4 Å². The van der Waals surface area contributed by atoms with E-state index in [0.717, 1.165) is 0 Å². The summed E-state index contributed by atoms with van der Waals surface area (Å²) in [5.41, 5.74) is 0.195. The number of amides is 2. The van der Waals surface area contributed by atoms with Gasteiger partial charge in [-0.1, -0.05) is 6.92 Å². The molecule has 26 heavy (non-hydrogen) atoms. The molecule has 2 rings (SSSR count). The molecule has 1 saturated carbocycles. The van der Waals surface area contributed by atoms with Gasteiger partial charge in [0.1, 0.15) is 5.75 Å². The normalized spacial score (nSPS) is 18.7. The fourth-order valence-electron chi connectivity index (χ4n) is 2.92. The van der Waals surface area contributed by atoms with E-state index in [1.165, 1.54) is 25.3 Å². The molecule has 1 aliphatic carbocycles. The maximum Gasteiger partial charge on any atom is 0.319 e. The van der Waals surface area contributed by atoms with Crippen LogP contribution in [0.25, 0.3) is 0 Å². The van der Waals surface area contributed by atoms with Gasteiger partial charge in [0.2, 0.25) is 0 Å². The number of carbonyl (C=O) groups excluding carboxylic acids is 1. The van der Waals surface area contributed by atoms with Crippen molar-refractivity contribution in [2.45, 2.75) is 31.8 Å². The van der Waals surface area contributed by atoms with Crippen molar-refractivity contribution in [2.75, 3.05) is 25.5 Å². The van der Waals surface area contributed by atoms with Crippen LogP contribution in [0.4, 0.5) is 16.2 Å². The number of non-ortho nitro benzene ring substituents is 1. The van der Waals surface area contributed by atoms with E-state index in [2.05, 4.69) is 10.6 Å². The van der Waals surface area contributed by atoms with Crippen LogP contribution in [0.1, 0.15) is 19.8 Å². The molecule has 1 aromatic rings. The lowest BCUT2D eigenvalue weighted by Gasteiger charge is -2.42. The number of urea groups is 1. The molecule has 3 N–H and O–H groups in total. The molecule has 0 bridgehead atoms. The number of anilines is 1. The molecule has 0 heterocycles. The highest BCUT2D eigenvalue weighted by molar-refractivity contribution is 5.91. The average molecular weight is 366 g/mol. The van der Waals surface area contributed by atoms with Crippen LogP contribution in [0.3, 0.4) is 0 Å². The summed E-state index contributed by atoms with van der Waals surface area (Å²) < 4.78 is 5.07. The molecule has 0 saturated heterocycles. The van der Waals surface area contributed by atoms with E-state index < -0.39 is 16.9 Å². The molecule has 0 aromatic heterocycles. The number of carboxylic acid groups (broad SMARTS) is 1. The van der Waals surface area contributed by atoms with Crippen LogP contribution in [0, 0.1) is 10.1 Å². The van der Waals surface area contributed by atoms with Crippen LogP contribution in [0.2, 0.25) is 0 Å². The molecule has 0 aliphatic heterocycles. The third-order valence-electron chi connectivity index (χ3n) is 4.35. The topological polar surface area (TPSA) is 134 Å². The molecule has 2 amide bonds. The molecule has 1 aromatic carbocycles. The second-order valence-electron chi connectivity index (χ2n) is 6.02. The highest BCUT2D eigenvalue weighted by atomic mass is 16.6. The number of nitrogens with one attached hydrogen (secondary N) is 2. The van der Waals surface area contributed by atoms with Crippen LogP contribution in [-0.2, 0) is 4.79 Å². The van der Waals surface area contributed by atoms with Gasteiger partial charge in [-0.25, -0.2) is 4.79 Å². The van der Waals surface area contributed by atoms with Gasteiger partial charge in [0.15, 0.2) is 0 Å². The molecule has 0 unspecified atom stereocenters. The molecule has 0 atom stereocenters. The summed E-state index contributed by atoms with van der Waals surface area (Å²) in [5, 5.41) is 25.1. The van der Waals surface area contributed by atoms with Gasteiger partial charge in [0, 0.05) is 18.2 Å². The number of hydrogen-bond acceptors (Lipinski definition) is 6. The van der Waals surface area contributed by atoms with Gasteiger partial charge in [0.25, 0.3) is 5.69 Å². The van der Waals surface area contributed by atoms with Gasteiger partial charge in [-0.2, -0.15) is 0 Å². The first-order chi connectivity index (χ1) is 12.3. The van der Waals surface area contributed by atoms with Crippen LogP contribution in [0.15, 0.2) is 18.2 Å². The van der Waals surface area contributed by atoms with E-state index in [-0.39, 0.29) is 30.1 Å². The van der Waals surface area contributed by atoms with Gasteiger partial charge >= 0.3 is 12.0 Å². The van der Waals surface area contributed by atoms with E-state index in [1.807, 2.05) is 11.8 Å². The fraction of sp³-hybridized carbons (Fsp3) is 0.500. The Morgan fingerprint density at radius 2 is 2.12 bits per heavy atom. The third kappa shape index (κ3) is 4.82. The lowest BCUT2D eigenvalue weighted by Crippen LogP contribution is -2.55. The smallest absolute Gasteiger partial charge is 0.319 e. The van der Waals surface area contributed by atoms with Gasteiger partial charge in [0.05, 0.1) is 30.3 Å². The molecule has 0 radical (unpaired) electrons. The predicted octanol–water partition coefficient (Wildman–Crippen LogP) is 1.66. The number of methoxy groups -OCH3 is 1. The minimum atomic E-state index is -0.869. The number of nitrogens with zero attached hydrogens (tertiary/aromatic N) is 2. The number of carbonyl (C=O) groups is 2. The zero-order valence-electron chi connectivity index (χ0n) is 14.6. The number of rotatable bonds is 8. The lowest BCUT2D eigenvalue weighted by molar-refractivity contribution is -0.384. The molecular formula is C16H22N4O6. The molecule has 1 aliphatic rings. The van der Waals surface area contributed by atoms with Crippen molar-refractivity contribution in [2.24, 2.45) is 0 Å². The Morgan fingerprint density at radius 3 is 2.65 bits per heavy atom. The summed E-state index contributed by atoms with van der Waals surface area (Å²) in [5.74, 6) is -0.675. The van der Waals surface area contributed by atoms with Gasteiger partial charge in [-0.3, -0.25) is 19.8 Å². The first kappa shape index (κ1) is 19.4. The summed E-state index contributed by atoms with van der Waals surface area (Å²) in [7, 11) is 1.36. The summed E-state index contributed by atoms with van der Waals surface area (Å²) >= 11 is 0. The predicted molar refractivity (Wildman–Crippen MR) is 93.5 cm³/mol. The minimum absolute atomic E-state index is 0.0138. The first-order valence-corrected chi connectivity index (χ1v) is 8.19. The third-order valence-corrected chi connectivity index (χ3v) is 4.35. The number of ether oxygens (including phenoxy) is 1. The average Bonchev–Trinajstić information content (AvgIpc) is 2.55. The molecule has 1 fully saturated rings. The summed E-state index contributed by atoms with van der Waals surface area (Å²) in [6.45, 7) is 2.52. The number of hydrogen-bond donors (Lipinski definition) is 3. The van der Waals surface area contributed by atoms with Gasteiger partial charge in [-0.15, -0.1) is 0 Å². The van der Waals surface area contributed by atoms with E-state index >= 15 is 0 Å². The maximum atomic E-state index is 12.1. The second-order valence-corrected chi connectivity index (χ2v) is 6.02. The van der Waals surface area contributed by atoms with Crippen molar-refractivity contribution in [3.63, 3.8) is 0 Å². The maximum absolute atomic E-state index is 12.1. The van der Waals surface area contributed by atoms with E-state index in [1.54, 1.807) is 0 Å². The monoisotopic (exact) mass is 366 g/mol. The van der Waals surface area contributed by atoms with Crippen LogP contribution >= 0.6 is 0 Å². The highest BCUT2D eigenvalue weighted by Gasteiger charge is 2.34. The fourth-order valence-corrected chi connectivity index (χ4v) is 2.92. The van der Waals surface area contributed by atoms with Crippen molar-refractivity contribution in [3.8, 4) is 5.75 Å². The largest absolute Gasteiger partial charge is 0.494 e. The Hall–Kier alpha value is -2.88. The second kappa shape index (κ2) is 8.48. The van der Waals surface area contributed by atoms with E-state index in [9.17, 15) is 19.7 Å². The first-order valence-electron chi connectivity index (χ1n) is 8.19. The van der Waals surface area contributed by atoms with Crippen LogP contribution < -0.4 is 15.4 Å².